The van der Waals surface area contributed by atoms with Crippen LogP contribution in [0.5, 0.6) is 0 Å². The average Bonchev–Trinajstić information content (AvgIpc) is 3.09. The standard InChI is InChI=1S/C24H26FNO4.Na/c1-15(2)26-21-6-4-3-5-20(21)24(16-7-9-17(25)10-8-16)22(26)12-11-18(27)13-19(28)14-23(29)30;/h3-12,15,18-19,27-28H,13-14H2,1-2H3,(H,29,30);/q;+1/p-1/b12-11+;/t18-,19-;/m0./s1/i1D3,2D3,15D;. The Labute approximate surface area is 213 Å². The molecule has 0 unspecified atom stereocenters. The van der Waals surface area contributed by atoms with Gasteiger partial charge in [0, 0.05) is 55.2 Å². The van der Waals surface area contributed by atoms with Gasteiger partial charge in [-0.3, -0.25) is 0 Å². The Morgan fingerprint density at radius 1 is 1.23 bits per heavy atom. The molecular weight excluding hydrogens is 408 g/mol. The van der Waals surface area contributed by atoms with Gasteiger partial charge in [-0.05, 0) is 43.5 Å². The van der Waals surface area contributed by atoms with E-state index in [0.29, 0.717) is 16.5 Å². The minimum Gasteiger partial charge on any atom is -0.550 e. The van der Waals surface area contributed by atoms with E-state index in [9.17, 15) is 24.5 Å². The maximum Gasteiger partial charge on any atom is 1.00 e. The van der Waals surface area contributed by atoms with Gasteiger partial charge < -0.3 is 24.7 Å². The number of benzene rings is 2. The number of rotatable bonds is 8. The zero-order chi connectivity index (χ0) is 27.8. The zero-order valence-electron chi connectivity index (χ0n) is 23.9. The molecular formula is C24H25FNNaO4. The van der Waals surface area contributed by atoms with Crippen molar-refractivity contribution in [3.8, 4) is 11.1 Å². The molecule has 0 spiro atoms. The fourth-order valence-corrected chi connectivity index (χ4v) is 3.41. The third-order valence-corrected chi connectivity index (χ3v) is 4.66. The smallest absolute Gasteiger partial charge is 0.550 e. The molecule has 0 fully saturated rings. The van der Waals surface area contributed by atoms with E-state index in [4.69, 9.17) is 9.60 Å². The summed E-state index contributed by atoms with van der Waals surface area (Å²) in [5.41, 5.74) is 0.721. The van der Waals surface area contributed by atoms with E-state index in [0.717, 1.165) is 10.6 Å². The van der Waals surface area contributed by atoms with Crippen LogP contribution in [-0.4, -0.2) is 33.0 Å². The van der Waals surface area contributed by atoms with Crippen LogP contribution in [0.2, 0.25) is 0 Å². The van der Waals surface area contributed by atoms with Gasteiger partial charge in [-0.2, -0.15) is 0 Å². The molecule has 0 saturated carbocycles. The summed E-state index contributed by atoms with van der Waals surface area (Å²) >= 11 is 0. The van der Waals surface area contributed by atoms with Crippen molar-refractivity contribution >= 4 is 22.9 Å². The van der Waals surface area contributed by atoms with Crippen LogP contribution in [-0.2, 0) is 4.79 Å². The Balaban J connectivity index is 0.00000507. The monoisotopic (exact) mass is 440 g/mol. The Bertz CT molecular complexity index is 1290. The number of hydrogen-bond donors (Lipinski definition) is 2. The number of aliphatic hydroxyl groups excluding tert-OH is 2. The van der Waals surface area contributed by atoms with Crippen LogP contribution in [0.3, 0.4) is 0 Å². The number of carboxylic acids is 1. The maximum absolute atomic E-state index is 13.7. The van der Waals surface area contributed by atoms with Crippen molar-refractivity contribution in [1.29, 1.82) is 0 Å². The first kappa shape index (κ1) is 16.6. The van der Waals surface area contributed by atoms with Crippen LogP contribution in [0.4, 0.5) is 4.39 Å². The molecule has 158 valence electrons. The second-order valence-corrected chi connectivity index (χ2v) is 6.86. The van der Waals surface area contributed by atoms with E-state index in [2.05, 4.69) is 0 Å². The summed E-state index contributed by atoms with van der Waals surface area (Å²) in [5.74, 6) is -2.06. The van der Waals surface area contributed by atoms with Crippen LogP contribution >= 0.6 is 0 Å². The van der Waals surface area contributed by atoms with E-state index >= 15 is 0 Å². The minimum atomic E-state index is -3.34. The molecule has 0 aliphatic heterocycles. The number of aromatic nitrogens is 1. The van der Waals surface area contributed by atoms with Gasteiger partial charge in [0.1, 0.15) is 5.82 Å². The number of aliphatic carboxylic acids is 1. The van der Waals surface area contributed by atoms with Crippen molar-refractivity contribution in [2.45, 2.75) is 44.8 Å². The molecule has 3 rings (SSSR count). The number of carbonyl (C=O) groups is 1. The molecule has 2 aromatic carbocycles. The Hall–Kier alpha value is -1.96. The number of nitrogens with zero attached hydrogens (tertiary/aromatic N) is 1. The van der Waals surface area contributed by atoms with Gasteiger partial charge >= 0.3 is 29.6 Å². The summed E-state index contributed by atoms with van der Waals surface area (Å²) in [6.07, 6.45) is -1.62. The number of fused-ring (bicyclic) bond motifs is 1. The molecule has 0 bridgehead atoms. The van der Waals surface area contributed by atoms with Crippen LogP contribution in [0.25, 0.3) is 28.1 Å². The van der Waals surface area contributed by atoms with Crippen molar-refractivity contribution in [1.82, 2.24) is 4.57 Å². The largest absolute Gasteiger partial charge is 1.00 e. The zero-order valence-corrected chi connectivity index (χ0v) is 18.9. The Morgan fingerprint density at radius 2 is 1.90 bits per heavy atom. The summed E-state index contributed by atoms with van der Waals surface area (Å²) in [7, 11) is 0. The topological polar surface area (TPSA) is 85.5 Å². The van der Waals surface area contributed by atoms with E-state index in [1.807, 2.05) is 0 Å². The molecule has 1 aromatic heterocycles. The summed E-state index contributed by atoms with van der Waals surface area (Å²) in [4.78, 5) is 10.7. The molecule has 5 nitrogen and oxygen atoms in total. The van der Waals surface area contributed by atoms with Crippen LogP contribution in [0, 0.1) is 5.82 Å². The summed E-state index contributed by atoms with van der Waals surface area (Å²) in [6.45, 7) is -6.68. The summed E-state index contributed by atoms with van der Waals surface area (Å²) in [5, 5.41) is 31.3. The Morgan fingerprint density at radius 3 is 2.55 bits per heavy atom. The van der Waals surface area contributed by atoms with E-state index in [-0.39, 0.29) is 40.8 Å². The fourth-order valence-electron chi connectivity index (χ4n) is 3.41. The number of para-hydroxylation sites is 1. The third-order valence-electron chi connectivity index (χ3n) is 4.66. The van der Waals surface area contributed by atoms with Crippen molar-refractivity contribution in [3.05, 3.63) is 66.1 Å². The normalized spacial score (nSPS) is 18.0. The number of carbonyl (C=O) groups excluding carboxylic acids is 1. The van der Waals surface area contributed by atoms with Crippen molar-refractivity contribution in [2.24, 2.45) is 0 Å². The Kier molecular flexibility index (Phi) is 5.94. The van der Waals surface area contributed by atoms with E-state index < -0.39 is 56.6 Å². The second kappa shape index (κ2) is 11.1. The van der Waals surface area contributed by atoms with Gasteiger partial charge in [0.2, 0.25) is 0 Å². The quantitative estimate of drug-likeness (QED) is 0.494. The molecule has 0 aliphatic rings. The van der Waals surface area contributed by atoms with E-state index in [1.54, 1.807) is 18.2 Å². The molecule has 31 heavy (non-hydrogen) atoms. The number of aliphatic hydroxyl groups is 2. The van der Waals surface area contributed by atoms with Crippen LogP contribution in [0.1, 0.15) is 47.9 Å². The van der Waals surface area contributed by atoms with Crippen molar-refractivity contribution in [3.63, 3.8) is 0 Å². The van der Waals surface area contributed by atoms with Gasteiger partial charge in [0.25, 0.3) is 0 Å². The first-order valence-electron chi connectivity index (χ1n) is 12.7. The van der Waals surface area contributed by atoms with Gasteiger partial charge in [0.05, 0.1) is 13.6 Å². The second-order valence-electron chi connectivity index (χ2n) is 6.86. The minimum absolute atomic E-state index is 0. The van der Waals surface area contributed by atoms with Gasteiger partial charge in [-0.1, -0.05) is 36.4 Å². The summed E-state index contributed by atoms with van der Waals surface area (Å²) in [6, 6.07) is 8.23. The predicted molar refractivity (Wildman–Crippen MR) is 113 cm³/mol. The number of halogens is 1. The first-order valence-corrected chi connectivity index (χ1v) is 9.22. The van der Waals surface area contributed by atoms with E-state index in [1.165, 1.54) is 36.4 Å². The fraction of sp³-hybridized carbons (Fsp3) is 0.292. The molecule has 0 aliphatic carbocycles. The predicted octanol–water partition coefficient (Wildman–Crippen LogP) is 0.297. The molecule has 0 amide bonds. The average molecular weight is 440 g/mol. The number of hydrogen-bond acceptors (Lipinski definition) is 4. The number of carboxylic acid groups (broad SMARTS) is 1. The SMILES string of the molecule is [2H]C([2H])([2H])C([2H])(n1c(/C=C/[C@H](O)C[C@H](O)CC(=O)[O-])c(-c2ccc(F)cc2)c2ccccc21)C([2H])([2H])[2H].[Na+]. The van der Waals surface area contributed by atoms with Gasteiger partial charge in [-0.25, -0.2) is 4.39 Å². The molecule has 3 aromatic rings. The third kappa shape index (κ3) is 6.05. The van der Waals surface area contributed by atoms with Crippen LogP contribution in [0.15, 0.2) is 54.6 Å². The molecule has 1 heterocycles. The first-order chi connectivity index (χ1) is 17.1. The van der Waals surface area contributed by atoms with Crippen molar-refractivity contribution < 1.29 is 63.7 Å². The summed E-state index contributed by atoms with van der Waals surface area (Å²) < 4.78 is 71.5. The molecule has 2 atom stereocenters. The van der Waals surface area contributed by atoms with Gasteiger partial charge in [0.15, 0.2) is 0 Å². The molecule has 7 heteroatoms. The van der Waals surface area contributed by atoms with Gasteiger partial charge in [-0.15, -0.1) is 0 Å². The maximum atomic E-state index is 13.7. The van der Waals surface area contributed by atoms with Crippen LogP contribution < -0.4 is 34.7 Å². The molecule has 2 N–H and O–H groups in total. The van der Waals surface area contributed by atoms with Crippen molar-refractivity contribution in [2.75, 3.05) is 0 Å². The molecule has 0 radical (unpaired) electrons. The molecule has 0 saturated heterocycles.